The molecule has 0 radical (unpaired) electrons. The van der Waals surface area contributed by atoms with E-state index in [0.29, 0.717) is 17.5 Å². The van der Waals surface area contributed by atoms with Crippen LogP contribution in [0, 0.1) is 18.3 Å². The van der Waals surface area contributed by atoms with Crippen molar-refractivity contribution in [2.45, 2.75) is 78.8 Å². The molecule has 2 heteroatoms. The lowest BCUT2D eigenvalue weighted by molar-refractivity contribution is 0.133. The van der Waals surface area contributed by atoms with Gasteiger partial charge in [-0.15, -0.1) is 0 Å². The van der Waals surface area contributed by atoms with Crippen LogP contribution in [0.2, 0.25) is 0 Å². The Kier molecular flexibility index (Phi) is 4.95. The minimum absolute atomic E-state index is 0.324. The molecule has 1 aromatic rings. The van der Waals surface area contributed by atoms with Crippen molar-refractivity contribution in [3.05, 3.63) is 23.7 Å². The molecule has 0 aromatic carbocycles. The number of aryl methyl sites for hydroxylation is 1. The molecule has 0 saturated heterocycles. The smallest absolute Gasteiger partial charge is 0.120 e. The molecule has 1 N–H and O–H groups in total. The van der Waals surface area contributed by atoms with Crippen LogP contribution in [0.3, 0.4) is 0 Å². The molecule has 1 fully saturated rings. The van der Waals surface area contributed by atoms with Gasteiger partial charge in [0.15, 0.2) is 0 Å². The first kappa shape index (κ1) is 15.6. The molecule has 114 valence electrons. The minimum Gasteiger partial charge on any atom is -0.465 e. The monoisotopic (exact) mass is 277 g/mol. The zero-order valence-electron chi connectivity index (χ0n) is 13.8. The Labute approximate surface area is 124 Å². The lowest BCUT2D eigenvalue weighted by atomic mass is 9.69. The molecule has 0 bridgehead atoms. The van der Waals surface area contributed by atoms with Crippen molar-refractivity contribution in [1.29, 1.82) is 0 Å². The predicted octanol–water partition coefficient (Wildman–Crippen LogP) is 5.23. The van der Waals surface area contributed by atoms with Gasteiger partial charge in [-0.05, 0) is 63.0 Å². The number of rotatable bonds is 5. The average Bonchev–Trinajstić information content (AvgIpc) is 2.86. The van der Waals surface area contributed by atoms with Gasteiger partial charge < -0.3 is 9.73 Å². The lowest BCUT2D eigenvalue weighted by Gasteiger charge is -2.39. The first-order valence-electron chi connectivity index (χ1n) is 8.24. The summed E-state index contributed by atoms with van der Waals surface area (Å²) >= 11 is 0. The molecular weight excluding hydrogens is 246 g/mol. The van der Waals surface area contributed by atoms with Crippen LogP contribution in [0.25, 0.3) is 0 Å². The van der Waals surface area contributed by atoms with E-state index in [2.05, 4.69) is 39.1 Å². The van der Waals surface area contributed by atoms with E-state index in [1.165, 1.54) is 32.1 Å². The second-order valence-electron chi connectivity index (χ2n) is 7.23. The molecule has 1 saturated carbocycles. The van der Waals surface area contributed by atoms with Gasteiger partial charge in [-0.25, -0.2) is 0 Å². The summed E-state index contributed by atoms with van der Waals surface area (Å²) in [6, 6.07) is 5.12. The molecule has 1 heterocycles. The number of furan rings is 1. The number of nitrogens with one attached hydrogen (secondary N) is 1. The summed E-state index contributed by atoms with van der Waals surface area (Å²) in [5.41, 5.74) is 0.509. The highest BCUT2D eigenvalue weighted by Gasteiger charge is 2.32. The van der Waals surface area contributed by atoms with E-state index in [0.717, 1.165) is 17.4 Å². The molecule has 0 amide bonds. The summed E-state index contributed by atoms with van der Waals surface area (Å²) in [4.78, 5) is 0. The Morgan fingerprint density at radius 3 is 2.40 bits per heavy atom. The number of hydrogen-bond donors (Lipinski definition) is 1. The normalized spacial score (nSPS) is 25.6. The van der Waals surface area contributed by atoms with E-state index in [4.69, 9.17) is 4.42 Å². The van der Waals surface area contributed by atoms with Crippen molar-refractivity contribution in [1.82, 2.24) is 5.32 Å². The van der Waals surface area contributed by atoms with E-state index in [-0.39, 0.29) is 0 Å². The number of hydrogen-bond acceptors (Lipinski definition) is 2. The van der Waals surface area contributed by atoms with Crippen LogP contribution in [0.5, 0.6) is 0 Å². The van der Waals surface area contributed by atoms with Crippen LogP contribution >= 0.6 is 0 Å². The van der Waals surface area contributed by atoms with Crippen molar-refractivity contribution in [2.75, 3.05) is 0 Å². The summed E-state index contributed by atoms with van der Waals surface area (Å²) < 4.78 is 5.72. The predicted molar refractivity (Wildman–Crippen MR) is 84.8 cm³/mol. The standard InChI is InChI=1S/C18H31NO/c1-6-18(4,5)15-8-10-16(11-9-15)19-14(3)17-12-7-13(2)20-17/h7,12,14-16,19H,6,8-11H2,1-5H3. The first-order chi connectivity index (χ1) is 9.42. The molecule has 2 nitrogen and oxygen atoms in total. The molecule has 1 atom stereocenters. The molecule has 0 aliphatic heterocycles. The second-order valence-corrected chi connectivity index (χ2v) is 7.23. The highest BCUT2D eigenvalue weighted by atomic mass is 16.3. The Morgan fingerprint density at radius 1 is 1.25 bits per heavy atom. The van der Waals surface area contributed by atoms with Crippen molar-refractivity contribution < 1.29 is 4.42 Å². The summed E-state index contributed by atoms with van der Waals surface area (Å²) in [7, 11) is 0. The Morgan fingerprint density at radius 2 is 1.90 bits per heavy atom. The van der Waals surface area contributed by atoms with Gasteiger partial charge in [0.05, 0.1) is 6.04 Å². The van der Waals surface area contributed by atoms with Gasteiger partial charge in [0.2, 0.25) is 0 Å². The summed E-state index contributed by atoms with van der Waals surface area (Å²) in [5, 5.41) is 3.74. The van der Waals surface area contributed by atoms with Gasteiger partial charge in [0.25, 0.3) is 0 Å². The van der Waals surface area contributed by atoms with Gasteiger partial charge in [-0.1, -0.05) is 27.2 Å². The first-order valence-corrected chi connectivity index (χ1v) is 8.24. The second kappa shape index (κ2) is 6.34. The SMILES string of the molecule is CCC(C)(C)C1CCC(NC(C)c2ccc(C)o2)CC1. The van der Waals surface area contributed by atoms with Gasteiger partial charge in [-0.2, -0.15) is 0 Å². The molecule has 1 aliphatic carbocycles. The van der Waals surface area contributed by atoms with E-state index < -0.39 is 0 Å². The third-order valence-electron chi connectivity index (χ3n) is 5.42. The third-order valence-corrected chi connectivity index (χ3v) is 5.42. The third kappa shape index (κ3) is 3.66. The Bertz CT molecular complexity index is 413. The van der Waals surface area contributed by atoms with Crippen molar-refractivity contribution >= 4 is 0 Å². The van der Waals surface area contributed by atoms with E-state index in [1.807, 2.05) is 13.0 Å². The van der Waals surface area contributed by atoms with Crippen molar-refractivity contribution in [3.8, 4) is 0 Å². The largest absolute Gasteiger partial charge is 0.465 e. The maximum absolute atomic E-state index is 5.72. The summed E-state index contributed by atoms with van der Waals surface area (Å²) in [6.45, 7) is 11.4. The molecule has 1 aliphatic rings. The Balaban J connectivity index is 1.82. The highest BCUT2D eigenvalue weighted by molar-refractivity contribution is 5.09. The zero-order chi connectivity index (χ0) is 14.8. The van der Waals surface area contributed by atoms with Gasteiger partial charge in [0, 0.05) is 6.04 Å². The van der Waals surface area contributed by atoms with Crippen molar-refractivity contribution in [3.63, 3.8) is 0 Å². The molecule has 0 spiro atoms. The summed E-state index contributed by atoms with van der Waals surface area (Å²) in [6.07, 6.45) is 6.62. The quantitative estimate of drug-likeness (QED) is 0.796. The fourth-order valence-corrected chi connectivity index (χ4v) is 3.45. The maximum Gasteiger partial charge on any atom is 0.120 e. The van der Waals surface area contributed by atoms with Gasteiger partial charge in [0.1, 0.15) is 11.5 Å². The molecular formula is C18H31NO. The highest BCUT2D eigenvalue weighted by Crippen LogP contribution is 2.40. The molecule has 2 rings (SSSR count). The Hall–Kier alpha value is -0.760. The van der Waals surface area contributed by atoms with Crippen LogP contribution in [0.15, 0.2) is 16.5 Å². The van der Waals surface area contributed by atoms with Crippen LogP contribution < -0.4 is 5.32 Å². The molecule has 1 aromatic heterocycles. The maximum atomic E-state index is 5.72. The molecule has 20 heavy (non-hydrogen) atoms. The molecule has 1 unspecified atom stereocenters. The fourth-order valence-electron chi connectivity index (χ4n) is 3.45. The topological polar surface area (TPSA) is 25.2 Å². The fraction of sp³-hybridized carbons (Fsp3) is 0.778. The van der Waals surface area contributed by atoms with Crippen LogP contribution in [0.4, 0.5) is 0 Å². The zero-order valence-corrected chi connectivity index (χ0v) is 13.8. The van der Waals surface area contributed by atoms with Crippen LogP contribution in [-0.2, 0) is 0 Å². The minimum atomic E-state index is 0.324. The van der Waals surface area contributed by atoms with E-state index in [9.17, 15) is 0 Å². The average molecular weight is 277 g/mol. The summed E-state index contributed by atoms with van der Waals surface area (Å²) in [5.74, 6) is 2.97. The van der Waals surface area contributed by atoms with Gasteiger partial charge in [-0.3, -0.25) is 0 Å². The van der Waals surface area contributed by atoms with Crippen molar-refractivity contribution in [2.24, 2.45) is 11.3 Å². The lowest BCUT2D eigenvalue weighted by Crippen LogP contribution is -2.37. The van der Waals surface area contributed by atoms with Gasteiger partial charge >= 0.3 is 0 Å². The van der Waals surface area contributed by atoms with E-state index >= 15 is 0 Å². The van der Waals surface area contributed by atoms with E-state index in [1.54, 1.807) is 0 Å². The van der Waals surface area contributed by atoms with Crippen LogP contribution in [-0.4, -0.2) is 6.04 Å². The van der Waals surface area contributed by atoms with Crippen LogP contribution in [0.1, 0.15) is 77.4 Å².